The van der Waals surface area contributed by atoms with E-state index in [1.54, 1.807) is 0 Å². The van der Waals surface area contributed by atoms with E-state index in [0.717, 1.165) is 38.5 Å². The minimum atomic E-state index is -0.757. The summed E-state index contributed by atoms with van der Waals surface area (Å²) in [7, 11) is 4.40. The van der Waals surface area contributed by atoms with Gasteiger partial charge in [-0.05, 0) is 116 Å². The number of benzene rings is 1. The van der Waals surface area contributed by atoms with Crippen LogP contribution in [-0.2, 0) is 9.53 Å². The van der Waals surface area contributed by atoms with Crippen LogP contribution in [0, 0.1) is 46.3 Å². The number of hydrogen-bond donors (Lipinski definition) is 2. The minimum Gasteiger partial charge on any atom is -0.493 e. The third kappa shape index (κ3) is 5.21. The number of aliphatic hydroxyl groups excluding tert-OH is 2. The van der Waals surface area contributed by atoms with Crippen molar-refractivity contribution in [3.05, 3.63) is 17.7 Å². The monoisotopic (exact) mass is 586 g/mol. The molecule has 4 aliphatic rings. The molecule has 1 aromatic carbocycles. The van der Waals surface area contributed by atoms with Gasteiger partial charge in [-0.3, -0.25) is 4.79 Å². The van der Waals surface area contributed by atoms with Gasteiger partial charge in [0.1, 0.15) is 0 Å². The van der Waals surface area contributed by atoms with Crippen LogP contribution in [0.2, 0.25) is 0 Å². The fourth-order valence-corrected chi connectivity index (χ4v) is 10.1. The van der Waals surface area contributed by atoms with E-state index >= 15 is 0 Å². The molecule has 0 aromatic heterocycles. The number of ether oxygens (including phenoxy) is 4. The van der Waals surface area contributed by atoms with E-state index in [2.05, 4.69) is 20.8 Å². The van der Waals surface area contributed by atoms with Gasteiger partial charge in [-0.15, -0.1) is 0 Å². The summed E-state index contributed by atoms with van der Waals surface area (Å²) in [5, 5.41) is 22.1. The standard InChI is InChI=1S/C34H50O8/c1-19(7-12-30(37)42-32(38)20-15-27(39-4)31(41-6)28(16-20)40-5)24-10-11-25-23-9-8-21-17-22(35)13-14-33(21,2)26(23)18-29(36)34(24,25)3/h15-16,19,21-26,29,35-36H,7-14,17-18H2,1-6H3/t19-,21+,22+,23-,24+,25-,26-,29-,33+,34-/m1/s1. The van der Waals surface area contributed by atoms with Crippen molar-refractivity contribution < 1.29 is 38.7 Å². The van der Waals surface area contributed by atoms with E-state index < -0.39 is 11.9 Å². The molecule has 4 saturated carbocycles. The molecule has 4 aliphatic carbocycles. The predicted molar refractivity (Wildman–Crippen MR) is 158 cm³/mol. The molecule has 10 atom stereocenters. The molecule has 0 spiro atoms. The molecule has 0 saturated heterocycles. The zero-order valence-electron chi connectivity index (χ0n) is 26.2. The van der Waals surface area contributed by atoms with Gasteiger partial charge in [0.15, 0.2) is 11.5 Å². The summed E-state index contributed by atoms with van der Waals surface area (Å²) < 4.78 is 21.1. The minimum absolute atomic E-state index is 0.138. The highest BCUT2D eigenvalue weighted by molar-refractivity contribution is 5.97. The maximum absolute atomic E-state index is 12.8. The Bertz CT molecular complexity index is 1140. The topological polar surface area (TPSA) is 112 Å². The molecule has 4 fully saturated rings. The molecule has 8 heteroatoms. The van der Waals surface area contributed by atoms with Gasteiger partial charge in [0, 0.05) is 6.42 Å². The maximum Gasteiger partial charge on any atom is 0.346 e. The molecule has 0 amide bonds. The van der Waals surface area contributed by atoms with Crippen molar-refractivity contribution in [2.45, 2.75) is 97.2 Å². The summed E-state index contributed by atoms with van der Waals surface area (Å²) in [6.45, 7) is 6.93. The first-order valence-electron chi connectivity index (χ1n) is 15.9. The molecule has 0 radical (unpaired) electrons. The summed E-state index contributed by atoms with van der Waals surface area (Å²) in [6.07, 6.45) is 8.46. The second-order valence-electron chi connectivity index (χ2n) is 14.1. The van der Waals surface area contributed by atoms with Gasteiger partial charge in [-0.25, -0.2) is 4.79 Å². The number of carbonyl (C=O) groups is 2. The Labute approximate surface area is 250 Å². The van der Waals surface area contributed by atoms with E-state index in [9.17, 15) is 19.8 Å². The van der Waals surface area contributed by atoms with Crippen molar-refractivity contribution in [1.82, 2.24) is 0 Å². The molecule has 234 valence electrons. The molecule has 0 unspecified atom stereocenters. The number of carbonyl (C=O) groups excluding carboxylic acids is 2. The second-order valence-corrected chi connectivity index (χ2v) is 14.1. The number of rotatable bonds is 8. The fourth-order valence-electron chi connectivity index (χ4n) is 10.1. The van der Waals surface area contributed by atoms with Crippen LogP contribution in [-0.4, -0.2) is 55.7 Å². The highest BCUT2D eigenvalue weighted by atomic mass is 16.6. The Morgan fingerprint density at radius 3 is 2.26 bits per heavy atom. The number of hydrogen-bond acceptors (Lipinski definition) is 8. The van der Waals surface area contributed by atoms with Crippen molar-refractivity contribution in [2.75, 3.05) is 21.3 Å². The van der Waals surface area contributed by atoms with Crippen LogP contribution >= 0.6 is 0 Å². The fraction of sp³-hybridized carbons (Fsp3) is 0.765. The first-order chi connectivity index (χ1) is 20.0. The smallest absolute Gasteiger partial charge is 0.346 e. The highest BCUT2D eigenvalue weighted by Crippen LogP contribution is 2.68. The molecule has 5 rings (SSSR count). The van der Waals surface area contributed by atoms with Gasteiger partial charge in [0.25, 0.3) is 0 Å². The van der Waals surface area contributed by atoms with Gasteiger partial charge in [0.2, 0.25) is 5.75 Å². The lowest BCUT2D eigenvalue weighted by Crippen LogP contribution is -2.58. The lowest BCUT2D eigenvalue weighted by atomic mass is 9.43. The Morgan fingerprint density at radius 1 is 0.929 bits per heavy atom. The molecule has 1 aromatic rings. The molecule has 2 N–H and O–H groups in total. The molecule has 0 heterocycles. The van der Waals surface area contributed by atoms with Gasteiger partial charge in [-0.1, -0.05) is 20.8 Å². The Balaban J connectivity index is 1.22. The van der Waals surface area contributed by atoms with Crippen LogP contribution in [0.3, 0.4) is 0 Å². The summed E-state index contributed by atoms with van der Waals surface area (Å²) in [4.78, 5) is 25.6. The van der Waals surface area contributed by atoms with Crippen LogP contribution in [0.4, 0.5) is 0 Å². The van der Waals surface area contributed by atoms with Crippen molar-refractivity contribution in [3.8, 4) is 17.2 Å². The molecular formula is C34H50O8. The second kappa shape index (κ2) is 12.0. The number of methoxy groups -OCH3 is 3. The van der Waals surface area contributed by atoms with E-state index in [-0.39, 0.29) is 40.9 Å². The average Bonchev–Trinajstić information content (AvgIpc) is 3.34. The number of aliphatic hydroxyl groups is 2. The summed E-state index contributed by atoms with van der Waals surface area (Å²) >= 11 is 0. The number of esters is 2. The van der Waals surface area contributed by atoms with Crippen LogP contribution in [0.25, 0.3) is 0 Å². The largest absolute Gasteiger partial charge is 0.493 e. The molecule has 8 nitrogen and oxygen atoms in total. The van der Waals surface area contributed by atoms with Gasteiger partial charge in [-0.2, -0.15) is 0 Å². The zero-order chi connectivity index (χ0) is 30.4. The quantitative estimate of drug-likeness (QED) is 0.290. The Kier molecular flexibility index (Phi) is 8.88. The Morgan fingerprint density at radius 2 is 1.62 bits per heavy atom. The maximum atomic E-state index is 12.8. The summed E-state index contributed by atoms with van der Waals surface area (Å²) in [5.74, 6) is 2.37. The third-order valence-corrected chi connectivity index (χ3v) is 12.4. The molecule has 0 bridgehead atoms. The lowest BCUT2D eigenvalue weighted by Gasteiger charge is -2.62. The van der Waals surface area contributed by atoms with E-state index in [4.69, 9.17) is 18.9 Å². The van der Waals surface area contributed by atoms with E-state index in [0.29, 0.717) is 53.3 Å². The van der Waals surface area contributed by atoms with Gasteiger partial charge >= 0.3 is 11.9 Å². The lowest BCUT2D eigenvalue weighted by molar-refractivity contribution is -0.175. The summed E-state index contributed by atoms with van der Waals surface area (Å²) in [6, 6.07) is 2.94. The van der Waals surface area contributed by atoms with Crippen molar-refractivity contribution >= 4 is 11.9 Å². The van der Waals surface area contributed by atoms with Gasteiger partial charge < -0.3 is 29.2 Å². The average molecular weight is 587 g/mol. The van der Waals surface area contributed by atoms with Crippen molar-refractivity contribution in [3.63, 3.8) is 0 Å². The normalized spacial score (nSPS) is 38.0. The summed E-state index contributed by atoms with van der Waals surface area (Å²) in [5.41, 5.74) is 0.184. The van der Waals surface area contributed by atoms with E-state index in [1.165, 1.54) is 46.3 Å². The van der Waals surface area contributed by atoms with Gasteiger partial charge in [0.05, 0.1) is 39.1 Å². The first-order valence-corrected chi connectivity index (χ1v) is 15.9. The van der Waals surface area contributed by atoms with Crippen molar-refractivity contribution in [2.24, 2.45) is 46.3 Å². The first kappa shape index (κ1) is 31.1. The number of fused-ring (bicyclic) bond motifs is 5. The third-order valence-electron chi connectivity index (χ3n) is 12.4. The van der Waals surface area contributed by atoms with Crippen LogP contribution in [0.15, 0.2) is 12.1 Å². The zero-order valence-corrected chi connectivity index (χ0v) is 26.2. The molecule has 42 heavy (non-hydrogen) atoms. The van der Waals surface area contributed by atoms with Crippen LogP contribution in [0.5, 0.6) is 17.2 Å². The van der Waals surface area contributed by atoms with Crippen molar-refractivity contribution in [1.29, 1.82) is 0 Å². The molecular weight excluding hydrogens is 536 g/mol. The Hall–Kier alpha value is -2.32. The van der Waals surface area contributed by atoms with Crippen LogP contribution < -0.4 is 14.2 Å². The molecule has 0 aliphatic heterocycles. The SMILES string of the molecule is COc1cc(C(=O)OC(=O)CC[C@@H](C)[C@@H]2CC[C@@H]3[C@H]4CC[C@H]5C[C@@H](O)CC[C@]5(C)[C@@H]4C[C@@H](O)[C@@]32C)cc(OC)c1OC. The van der Waals surface area contributed by atoms with E-state index in [1.807, 2.05) is 0 Å². The predicted octanol–water partition coefficient (Wildman–Crippen LogP) is 5.80. The van der Waals surface area contributed by atoms with Crippen LogP contribution in [0.1, 0.15) is 95.3 Å². The highest BCUT2D eigenvalue weighted by Gasteiger charge is 2.63.